The number of carbonyl (C=O) groups is 4. The lowest BCUT2D eigenvalue weighted by Gasteiger charge is -2.46. The van der Waals surface area contributed by atoms with Crippen LogP contribution in [-0.4, -0.2) is 81.6 Å². The van der Waals surface area contributed by atoms with Gasteiger partial charge in [0.25, 0.3) is 0 Å². The van der Waals surface area contributed by atoms with Gasteiger partial charge in [0.15, 0.2) is 16.6 Å². The SMILES string of the molecule is CCC(C)(C)C(=O)OC1(C)CCCC1.CCC(C)(C)C(=O)OC1C2CC3C1OC(=O)C3(C#N)C2.CCC(C)(C)C(=O)OC1CC(C(C)(O)C(F)(F)F)CC(C(C)(O)C(F)(F)F)C1. The average molecular weight is 898 g/mol. The van der Waals surface area contributed by atoms with E-state index in [0.717, 1.165) is 25.7 Å². The van der Waals surface area contributed by atoms with Gasteiger partial charge in [0, 0.05) is 23.7 Å². The Labute approximate surface area is 362 Å². The number of hydrogen-bond acceptors (Lipinski definition) is 11. The summed E-state index contributed by atoms with van der Waals surface area (Å²) in [7, 11) is 0. The Hall–Kier alpha value is -3.13. The largest absolute Gasteiger partial charge is 0.462 e. The molecule has 0 spiro atoms. The Bertz CT molecular complexity index is 1640. The maximum atomic E-state index is 13.3. The maximum absolute atomic E-state index is 13.3. The molecule has 0 aromatic rings. The van der Waals surface area contributed by atoms with Crippen molar-refractivity contribution in [2.45, 2.75) is 208 Å². The van der Waals surface area contributed by atoms with Crippen molar-refractivity contribution in [1.29, 1.82) is 5.26 Å². The Kier molecular flexibility index (Phi) is 15.8. The van der Waals surface area contributed by atoms with Crippen LogP contribution >= 0.6 is 0 Å². The first-order chi connectivity index (χ1) is 28.0. The second-order valence-electron chi connectivity index (χ2n) is 20.8. The van der Waals surface area contributed by atoms with Gasteiger partial charge in [-0.25, -0.2) is 0 Å². The van der Waals surface area contributed by atoms with Gasteiger partial charge in [-0.1, -0.05) is 20.8 Å². The van der Waals surface area contributed by atoms with Crippen molar-refractivity contribution < 1.29 is 74.7 Å². The van der Waals surface area contributed by atoms with E-state index in [1.165, 1.54) is 12.8 Å². The molecule has 62 heavy (non-hydrogen) atoms. The zero-order chi connectivity index (χ0) is 47.9. The molecule has 2 N–H and O–H groups in total. The van der Waals surface area contributed by atoms with Crippen LogP contribution < -0.4 is 0 Å². The molecule has 0 radical (unpaired) electrons. The van der Waals surface area contributed by atoms with E-state index in [1.807, 2.05) is 41.5 Å². The summed E-state index contributed by atoms with van der Waals surface area (Å²) in [5, 5.41) is 29.3. The highest BCUT2D eigenvalue weighted by atomic mass is 19.4. The summed E-state index contributed by atoms with van der Waals surface area (Å²) >= 11 is 0. The number of nitriles is 1. The molecule has 4 saturated carbocycles. The minimum atomic E-state index is -5.10. The Morgan fingerprint density at radius 2 is 1.15 bits per heavy atom. The first-order valence-corrected chi connectivity index (χ1v) is 21.9. The molecule has 5 aliphatic rings. The number of halogens is 6. The molecule has 0 amide bonds. The van der Waals surface area contributed by atoms with Gasteiger partial charge < -0.3 is 29.2 Å². The number of carbonyl (C=O) groups excluding carboxylic acids is 4. The summed E-state index contributed by atoms with van der Waals surface area (Å²) in [5.41, 5.74) is -9.57. The van der Waals surface area contributed by atoms with Gasteiger partial charge in [-0.2, -0.15) is 31.6 Å². The number of fused-ring (bicyclic) bond motifs is 1. The summed E-state index contributed by atoms with van der Waals surface area (Å²) in [5.74, 6) is -4.85. The minimum absolute atomic E-state index is 0.0376. The number of aliphatic hydroxyl groups is 2. The van der Waals surface area contributed by atoms with E-state index < -0.39 is 95.0 Å². The molecule has 0 aromatic heterocycles. The molecule has 1 heterocycles. The minimum Gasteiger partial charge on any atom is -0.462 e. The molecule has 4 aliphatic carbocycles. The van der Waals surface area contributed by atoms with Crippen LogP contribution in [-0.2, 0) is 38.1 Å². The average Bonchev–Trinajstić information content (AvgIpc) is 3.91. The standard InChI is InChI=1S/C18H28F6O4.C15H19NO4.C12H22O2/c1-6-14(2,3)13(25)28-12-8-10(15(4,26)17(19,20)21)7-11(9-12)16(5,27)18(22,23)24;1-4-14(2,3)12(17)19-10-8-5-9-11(10)20-13(18)15(9,6-8)7-16;1-5-11(2,3)10(13)14-12(4)8-6-7-9-12/h10-12,26-27H,6-9H2,1-5H3;8-11H,4-6H2,1-3H3;5-9H2,1-4H3. The van der Waals surface area contributed by atoms with Gasteiger partial charge in [0.2, 0.25) is 0 Å². The number of alkyl halides is 6. The highest BCUT2D eigenvalue weighted by Crippen LogP contribution is 2.62. The molecule has 0 aromatic carbocycles. The van der Waals surface area contributed by atoms with Crippen LogP contribution in [0.2, 0.25) is 0 Å². The summed E-state index contributed by atoms with van der Waals surface area (Å²) in [6.07, 6.45) is -6.37. The first kappa shape index (κ1) is 53.2. The summed E-state index contributed by atoms with van der Waals surface area (Å²) < 4.78 is 101. The van der Waals surface area contributed by atoms with E-state index in [9.17, 15) is 61.0 Å². The first-order valence-electron chi connectivity index (χ1n) is 21.9. The highest BCUT2D eigenvalue weighted by Gasteiger charge is 2.72. The lowest BCUT2D eigenvalue weighted by molar-refractivity contribution is -0.299. The fourth-order valence-electron chi connectivity index (χ4n) is 8.65. The number of ether oxygens (including phenoxy) is 4. The van der Waals surface area contributed by atoms with E-state index in [-0.39, 0.29) is 40.9 Å². The van der Waals surface area contributed by atoms with Gasteiger partial charge in [-0.3, -0.25) is 19.2 Å². The second-order valence-corrected chi connectivity index (χ2v) is 20.8. The normalized spacial score (nSPS) is 31.1. The van der Waals surface area contributed by atoms with Crippen LogP contribution in [0.4, 0.5) is 26.3 Å². The Balaban J connectivity index is 0.000000262. The summed E-state index contributed by atoms with van der Waals surface area (Å²) in [4.78, 5) is 48.3. The van der Waals surface area contributed by atoms with Crippen molar-refractivity contribution in [3.8, 4) is 6.07 Å². The molecular weight excluding hydrogens is 828 g/mol. The van der Waals surface area contributed by atoms with E-state index >= 15 is 0 Å². The lowest BCUT2D eigenvalue weighted by atomic mass is 9.67. The van der Waals surface area contributed by atoms with Gasteiger partial charge >= 0.3 is 36.2 Å². The smallest absolute Gasteiger partial charge is 0.417 e. The fourth-order valence-corrected chi connectivity index (χ4v) is 8.65. The molecule has 11 nitrogen and oxygen atoms in total. The van der Waals surface area contributed by atoms with Crippen molar-refractivity contribution in [3.63, 3.8) is 0 Å². The molecule has 5 rings (SSSR count). The predicted molar refractivity (Wildman–Crippen MR) is 213 cm³/mol. The molecule has 9 unspecified atom stereocenters. The third-order valence-corrected chi connectivity index (χ3v) is 15.0. The number of rotatable bonds is 11. The van der Waals surface area contributed by atoms with Crippen LogP contribution in [0.3, 0.4) is 0 Å². The van der Waals surface area contributed by atoms with E-state index in [0.29, 0.717) is 33.1 Å². The summed E-state index contributed by atoms with van der Waals surface area (Å²) in [6.45, 7) is 19.4. The third-order valence-electron chi connectivity index (χ3n) is 15.0. The maximum Gasteiger partial charge on any atom is 0.417 e. The van der Waals surface area contributed by atoms with Crippen LogP contribution in [0.25, 0.3) is 0 Å². The van der Waals surface area contributed by atoms with Gasteiger partial charge in [0.05, 0.1) is 22.3 Å². The molecule has 5 fully saturated rings. The van der Waals surface area contributed by atoms with E-state index in [2.05, 4.69) is 13.0 Å². The van der Waals surface area contributed by atoms with E-state index in [1.54, 1.807) is 20.8 Å². The van der Waals surface area contributed by atoms with Crippen LogP contribution in [0.5, 0.6) is 0 Å². The predicted octanol–water partition coefficient (Wildman–Crippen LogP) is 9.49. The molecule has 356 valence electrons. The summed E-state index contributed by atoms with van der Waals surface area (Å²) in [6, 6.07) is 2.15. The van der Waals surface area contributed by atoms with Crippen molar-refractivity contribution in [3.05, 3.63) is 0 Å². The molecule has 2 bridgehead atoms. The molecular formula is C45H69F6NO10. The van der Waals surface area contributed by atoms with Crippen molar-refractivity contribution in [2.24, 2.45) is 45.3 Å². The number of esters is 4. The van der Waals surface area contributed by atoms with Gasteiger partial charge in [0.1, 0.15) is 23.9 Å². The van der Waals surface area contributed by atoms with Crippen molar-refractivity contribution in [2.75, 3.05) is 0 Å². The highest BCUT2D eigenvalue weighted by molar-refractivity contribution is 5.85. The zero-order valence-corrected chi connectivity index (χ0v) is 38.4. The van der Waals surface area contributed by atoms with Crippen LogP contribution in [0.15, 0.2) is 0 Å². The monoisotopic (exact) mass is 897 g/mol. The van der Waals surface area contributed by atoms with Gasteiger partial charge in [-0.15, -0.1) is 0 Å². The van der Waals surface area contributed by atoms with Crippen molar-refractivity contribution >= 4 is 23.9 Å². The Morgan fingerprint density at radius 3 is 1.55 bits per heavy atom. The number of hydrogen-bond donors (Lipinski definition) is 2. The quantitative estimate of drug-likeness (QED) is 0.115. The third kappa shape index (κ3) is 10.9. The molecule has 17 heteroatoms. The second kappa shape index (κ2) is 18.4. The lowest BCUT2D eigenvalue weighted by Crippen LogP contribution is -2.57. The van der Waals surface area contributed by atoms with Crippen LogP contribution in [0.1, 0.15) is 160 Å². The van der Waals surface area contributed by atoms with Crippen molar-refractivity contribution in [1.82, 2.24) is 0 Å². The molecule has 1 saturated heterocycles. The fraction of sp³-hybridized carbons (Fsp3) is 0.889. The molecule has 1 aliphatic heterocycles. The van der Waals surface area contributed by atoms with Crippen LogP contribution in [0, 0.1) is 56.7 Å². The Morgan fingerprint density at radius 1 is 0.726 bits per heavy atom. The van der Waals surface area contributed by atoms with Gasteiger partial charge in [-0.05, 0) is 139 Å². The topological polar surface area (TPSA) is 169 Å². The zero-order valence-electron chi connectivity index (χ0n) is 38.4. The van der Waals surface area contributed by atoms with E-state index in [4.69, 9.17) is 18.9 Å². The number of nitrogens with zero attached hydrogens (tertiary/aromatic N) is 1. The molecule has 9 atom stereocenters.